The molecule has 0 aliphatic heterocycles. The quantitative estimate of drug-likeness (QED) is 0.692. The van der Waals surface area contributed by atoms with Crippen molar-refractivity contribution in [3.8, 4) is 6.07 Å². The van der Waals surface area contributed by atoms with Gasteiger partial charge in [-0.25, -0.2) is 0 Å². The number of nitrogens with zero attached hydrogens (tertiary/aromatic N) is 1. The van der Waals surface area contributed by atoms with Crippen LogP contribution in [-0.4, -0.2) is 5.38 Å². The Morgan fingerprint density at radius 2 is 2.23 bits per heavy atom. The molecule has 1 rings (SSSR count). The Balaban J connectivity index is 2.90. The molecule has 0 radical (unpaired) electrons. The lowest BCUT2D eigenvalue weighted by atomic mass is 10.0. The summed E-state index contributed by atoms with van der Waals surface area (Å²) in [5.41, 5.74) is 2.04. The average molecular weight is 214 g/mol. The van der Waals surface area contributed by atoms with Gasteiger partial charge in [-0.2, -0.15) is 5.26 Å². The number of rotatable bonds is 2. The van der Waals surface area contributed by atoms with Crippen molar-refractivity contribution in [3.63, 3.8) is 0 Å². The second-order valence-corrected chi connectivity index (χ2v) is 3.76. The van der Waals surface area contributed by atoms with Crippen molar-refractivity contribution in [2.45, 2.75) is 18.7 Å². The van der Waals surface area contributed by atoms with Crippen molar-refractivity contribution < 1.29 is 0 Å². The van der Waals surface area contributed by atoms with Gasteiger partial charge in [-0.15, -0.1) is 11.6 Å². The van der Waals surface area contributed by atoms with Crippen molar-refractivity contribution in [1.29, 1.82) is 5.26 Å². The Labute approximate surface area is 87.9 Å². The molecule has 0 unspecified atom stereocenters. The molecule has 0 saturated heterocycles. The van der Waals surface area contributed by atoms with Crippen LogP contribution in [0.15, 0.2) is 18.2 Å². The van der Waals surface area contributed by atoms with Crippen LogP contribution in [-0.2, 0) is 6.42 Å². The standard InChI is InChI=1S/C10H9Cl2N/c1-7-8(5-9(11)6-13)3-2-4-10(7)12/h2-4,9H,5H2,1H3/t9-/m1/s1. The summed E-state index contributed by atoms with van der Waals surface area (Å²) in [4.78, 5) is 0. The predicted molar refractivity (Wildman–Crippen MR) is 55.1 cm³/mol. The van der Waals surface area contributed by atoms with Crippen molar-refractivity contribution >= 4 is 23.2 Å². The van der Waals surface area contributed by atoms with Crippen LogP contribution in [0.5, 0.6) is 0 Å². The minimum atomic E-state index is -0.475. The fourth-order valence-electron chi connectivity index (χ4n) is 1.11. The lowest BCUT2D eigenvalue weighted by Crippen LogP contribution is -2.01. The highest BCUT2D eigenvalue weighted by Gasteiger charge is 2.07. The lowest BCUT2D eigenvalue weighted by Gasteiger charge is -2.06. The van der Waals surface area contributed by atoms with Gasteiger partial charge in [-0.1, -0.05) is 23.7 Å². The van der Waals surface area contributed by atoms with E-state index < -0.39 is 5.38 Å². The van der Waals surface area contributed by atoms with Gasteiger partial charge < -0.3 is 0 Å². The summed E-state index contributed by atoms with van der Waals surface area (Å²) in [6.07, 6.45) is 0.546. The van der Waals surface area contributed by atoms with Crippen molar-refractivity contribution in [2.24, 2.45) is 0 Å². The largest absolute Gasteiger partial charge is 0.197 e. The van der Waals surface area contributed by atoms with Crippen molar-refractivity contribution in [1.82, 2.24) is 0 Å². The molecule has 13 heavy (non-hydrogen) atoms. The van der Waals surface area contributed by atoms with Gasteiger partial charge in [-0.3, -0.25) is 0 Å². The minimum absolute atomic E-state index is 0.475. The average Bonchev–Trinajstić information content (AvgIpc) is 2.13. The van der Waals surface area contributed by atoms with E-state index in [0.29, 0.717) is 6.42 Å². The van der Waals surface area contributed by atoms with E-state index in [0.717, 1.165) is 16.1 Å². The van der Waals surface area contributed by atoms with Crippen LogP contribution in [0.25, 0.3) is 0 Å². The van der Waals surface area contributed by atoms with Gasteiger partial charge in [0.25, 0.3) is 0 Å². The SMILES string of the molecule is Cc1c(Cl)cccc1C[C@@H](Cl)C#N. The van der Waals surface area contributed by atoms with Crippen LogP contribution in [0.3, 0.4) is 0 Å². The molecule has 0 bridgehead atoms. The summed E-state index contributed by atoms with van der Waals surface area (Å²) in [6, 6.07) is 7.62. The molecule has 0 saturated carbocycles. The Morgan fingerprint density at radius 3 is 2.85 bits per heavy atom. The van der Waals surface area contributed by atoms with Crippen molar-refractivity contribution in [3.05, 3.63) is 34.3 Å². The third kappa shape index (κ3) is 2.62. The van der Waals surface area contributed by atoms with E-state index in [1.54, 1.807) is 0 Å². The van der Waals surface area contributed by atoms with Gasteiger partial charge in [0.05, 0.1) is 6.07 Å². The molecule has 3 heteroatoms. The number of hydrogen-bond acceptors (Lipinski definition) is 1. The second-order valence-electron chi connectivity index (χ2n) is 2.82. The molecule has 0 aliphatic carbocycles. The maximum Gasteiger partial charge on any atom is 0.124 e. The smallest absolute Gasteiger partial charge is 0.124 e. The van der Waals surface area contributed by atoms with Gasteiger partial charge in [-0.05, 0) is 24.1 Å². The molecule has 0 aromatic heterocycles. The van der Waals surface area contributed by atoms with E-state index in [1.807, 2.05) is 31.2 Å². The summed E-state index contributed by atoms with van der Waals surface area (Å²) < 4.78 is 0. The van der Waals surface area contributed by atoms with Gasteiger partial charge in [0, 0.05) is 11.4 Å². The maximum atomic E-state index is 8.54. The number of benzene rings is 1. The van der Waals surface area contributed by atoms with Crippen molar-refractivity contribution in [2.75, 3.05) is 0 Å². The van der Waals surface area contributed by atoms with Crippen LogP contribution in [0.4, 0.5) is 0 Å². The van der Waals surface area contributed by atoms with E-state index in [2.05, 4.69) is 0 Å². The Kier molecular flexibility index (Phi) is 3.59. The van der Waals surface area contributed by atoms with Gasteiger partial charge >= 0.3 is 0 Å². The molecular formula is C10H9Cl2N. The van der Waals surface area contributed by atoms with Gasteiger partial charge in [0.2, 0.25) is 0 Å². The first kappa shape index (κ1) is 10.4. The van der Waals surface area contributed by atoms with E-state index in [-0.39, 0.29) is 0 Å². The zero-order valence-electron chi connectivity index (χ0n) is 7.22. The highest BCUT2D eigenvalue weighted by molar-refractivity contribution is 6.31. The number of alkyl halides is 1. The van der Waals surface area contributed by atoms with Gasteiger partial charge in [0.1, 0.15) is 5.38 Å². The van der Waals surface area contributed by atoms with Crippen LogP contribution in [0.2, 0.25) is 5.02 Å². The number of hydrogen-bond donors (Lipinski definition) is 0. The Morgan fingerprint density at radius 1 is 1.54 bits per heavy atom. The zero-order valence-corrected chi connectivity index (χ0v) is 8.73. The highest BCUT2D eigenvalue weighted by atomic mass is 35.5. The summed E-state index contributed by atoms with van der Waals surface area (Å²) >= 11 is 11.6. The fourth-order valence-corrected chi connectivity index (χ4v) is 1.47. The number of halogens is 2. The molecule has 1 atom stereocenters. The third-order valence-electron chi connectivity index (χ3n) is 1.92. The zero-order chi connectivity index (χ0) is 9.84. The van der Waals surface area contributed by atoms with Gasteiger partial charge in [0.15, 0.2) is 0 Å². The fraction of sp³-hybridized carbons (Fsp3) is 0.300. The monoisotopic (exact) mass is 213 g/mol. The molecule has 1 aromatic carbocycles. The van der Waals surface area contributed by atoms with E-state index in [9.17, 15) is 0 Å². The van der Waals surface area contributed by atoms with Crippen LogP contribution < -0.4 is 0 Å². The highest BCUT2D eigenvalue weighted by Crippen LogP contribution is 2.20. The predicted octanol–water partition coefficient (Wildman–Crippen LogP) is 3.32. The summed E-state index contributed by atoms with van der Waals surface area (Å²) in [5, 5.41) is 8.79. The Hall–Kier alpha value is -0.710. The normalized spacial score (nSPS) is 12.2. The maximum absolute atomic E-state index is 8.54. The topological polar surface area (TPSA) is 23.8 Å². The molecule has 1 aromatic rings. The molecular weight excluding hydrogens is 205 g/mol. The molecule has 0 amide bonds. The van der Waals surface area contributed by atoms with Crippen LogP contribution in [0, 0.1) is 18.3 Å². The summed E-state index contributed by atoms with van der Waals surface area (Å²) in [7, 11) is 0. The first-order chi connectivity index (χ1) is 6.15. The molecule has 0 heterocycles. The Bertz CT molecular complexity index is 341. The second kappa shape index (κ2) is 4.50. The molecule has 0 aliphatic rings. The number of nitriles is 1. The van der Waals surface area contributed by atoms with E-state index in [4.69, 9.17) is 28.5 Å². The summed E-state index contributed by atoms with van der Waals surface area (Å²) in [6.45, 7) is 1.93. The van der Waals surface area contributed by atoms with E-state index >= 15 is 0 Å². The first-order valence-electron chi connectivity index (χ1n) is 3.93. The lowest BCUT2D eigenvalue weighted by molar-refractivity contribution is 1.00. The third-order valence-corrected chi connectivity index (χ3v) is 2.58. The molecule has 0 fully saturated rings. The first-order valence-corrected chi connectivity index (χ1v) is 4.74. The molecule has 0 N–H and O–H groups in total. The molecule has 1 nitrogen and oxygen atoms in total. The van der Waals surface area contributed by atoms with E-state index in [1.165, 1.54) is 0 Å². The molecule has 0 spiro atoms. The van der Waals surface area contributed by atoms with Crippen LogP contribution >= 0.6 is 23.2 Å². The summed E-state index contributed by atoms with van der Waals surface area (Å²) in [5.74, 6) is 0. The minimum Gasteiger partial charge on any atom is -0.197 e. The van der Waals surface area contributed by atoms with Crippen LogP contribution in [0.1, 0.15) is 11.1 Å². The molecule has 68 valence electrons.